The van der Waals surface area contributed by atoms with Gasteiger partial charge in [-0.05, 0) is 29.1 Å². The zero-order valence-electron chi connectivity index (χ0n) is 17.1. The van der Waals surface area contributed by atoms with E-state index in [2.05, 4.69) is 10.1 Å². The second-order valence-electron chi connectivity index (χ2n) is 6.94. The van der Waals surface area contributed by atoms with E-state index in [-0.39, 0.29) is 5.56 Å². The van der Waals surface area contributed by atoms with Crippen molar-refractivity contribution in [3.63, 3.8) is 0 Å². The summed E-state index contributed by atoms with van der Waals surface area (Å²) in [5.74, 6) is 2.16. The van der Waals surface area contributed by atoms with Crippen LogP contribution in [-0.2, 0) is 12.3 Å². The fourth-order valence-electron chi connectivity index (χ4n) is 3.27. The van der Waals surface area contributed by atoms with E-state index in [1.807, 2.05) is 66.0 Å². The third kappa shape index (κ3) is 4.17. The lowest BCUT2D eigenvalue weighted by Gasteiger charge is -2.12. The third-order valence-electron chi connectivity index (χ3n) is 4.83. The van der Waals surface area contributed by atoms with Gasteiger partial charge in [-0.2, -0.15) is 4.98 Å². The molecule has 0 fully saturated rings. The minimum Gasteiger partial charge on any atom is -0.497 e. The van der Waals surface area contributed by atoms with E-state index in [4.69, 9.17) is 14.2 Å². The van der Waals surface area contributed by atoms with Crippen LogP contribution in [0.5, 0.6) is 5.75 Å². The molecular weight excluding hydrogens is 444 g/mol. The van der Waals surface area contributed by atoms with Gasteiger partial charge in [0.1, 0.15) is 10.4 Å². The SMILES string of the molecule is COc1cccc(Cn2c(SCc3nc(-c4ccccc4)no3)nc3ccsc3c2=O)c1. The van der Waals surface area contributed by atoms with Crippen molar-refractivity contribution in [2.75, 3.05) is 7.11 Å². The number of aromatic nitrogens is 4. The van der Waals surface area contributed by atoms with Crippen LogP contribution in [0.4, 0.5) is 0 Å². The molecule has 5 aromatic rings. The number of hydrogen-bond acceptors (Lipinski definition) is 8. The second-order valence-corrected chi connectivity index (χ2v) is 8.80. The molecule has 32 heavy (non-hydrogen) atoms. The Labute approximate surface area is 191 Å². The summed E-state index contributed by atoms with van der Waals surface area (Å²) < 4.78 is 13.1. The molecule has 0 amide bonds. The van der Waals surface area contributed by atoms with Crippen LogP contribution in [0, 0.1) is 0 Å². The summed E-state index contributed by atoms with van der Waals surface area (Å²) in [5, 5.41) is 6.55. The monoisotopic (exact) mass is 462 g/mol. The molecule has 3 aromatic heterocycles. The van der Waals surface area contributed by atoms with Gasteiger partial charge in [-0.15, -0.1) is 11.3 Å². The average molecular weight is 463 g/mol. The molecule has 0 spiro atoms. The van der Waals surface area contributed by atoms with Crippen molar-refractivity contribution in [2.45, 2.75) is 17.5 Å². The van der Waals surface area contributed by atoms with Crippen molar-refractivity contribution in [2.24, 2.45) is 0 Å². The molecule has 0 saturated heterocycles. The Balaban J connectivity index is 1.44. The molecule has 9 heteroatoms. The van der Waals surface area contributed by atoms with Crippen molar-refractivity contribution in [1.29, 1.82) is 0 Å². The van der Waals surface area contributed by atoms with Gasteiger partial charge in [-0.25, -0.2) is 4.98 Å². The zero-order valence-corrected chi connectivity index (χ0v) is 18.7. The highest BCUT2D eigenvalue weighted by atomic mass is 32.2. The first-order valence-electron chi connectivity index (χ1n) is 9.83. The van der Waals surface area contributed by atoms with E-state index in [0.717, 1.165) is 16.9 Å². The van der Waals surface area contributed by atoms with E-state index >= 15 is 0 Å². The fourth-order valence-corrected chi connectivity index (χ4v) is 4.89. The van der Waals surface area contributed by atoms with Gasteiger partial charge in [-0.1, -0.05) is 59.4 Å². The Morgan fingerprint density at radius 3 is 2.81 bits per heavy atom. The van der Waals surface area contributed by atoms with Gasteiger partial charge in [0.2, 0.25) is 11.7 Å². The molecule has 0 radical (unpaired) electrons. The molecular formula is C23H18N4O3S2. The molecule has 5 rings (SSSR count). The Kier molecular flexibility index (Phi) is 5.74. The normalized spacial score (nSPS) is 11.2. The Hall–Kier alpha value is -3.43. The number of methoxy groups -OCH3 is 1. The standard InChI is InChI=1S/C23H18N4O3S2/c1-29-17-9-5-6-15(12-17)13-27-22(28)20-18(10-11-31-20)24-23(27)32-14-19-25-21(26-30-19)16-7-3-2-4-8-16/h2-12H,13-14H2,1H3. The molecule has 7 nitrogen and oxygen atoms in total. The minimum atomic E-state index is -0.0641. The van der Waals surface area contributed by atoms with Crippen molar-refractivity contribution in [1.82, 2.24) is 19.7 Å². The van der Waals surface area contributed by atoms with E-state index < -0.39 is 0 Å². The summed E-state index contributed by atoms with van der Waals surface area (Å²) in [6.07, 6.45) is 0. The lowest BCUT2D eigenvalue weighted by molar-refractivity contribution is 0.391. The highest BCUT2D eigenvalue weighted by Crippen LogP contribution is 2.25. The van der Waals surface area contributed by atoms with Gasteiger partial charge < -0.3 is 9.26 Å². The van der Waals surface area contributed by atoms with Crippen LogP contribution in [-0.4, -0.2) is 26.8 Å². The first kappa shape index (κ1) is 20.5. The topological polar surface area (TPSA) is 83.0 Å². The third-order valence-corrected chi connectivity index (χ3v) is 6.68. The summed E-state index contributed by atoms with van der Waals surface area (Å²) >= 11 is 2.80. The number of thioether (sulfide) groups is 1. The minimum absolute atomic E-state index is 0.0641. The molecule has 2 aromatic carbocycles. The molecule has 0 aliphatic rings. The van der Waals surface area contributed by atoms with Gasteiger partial charge >= 0.3 is 0 Å². The zero-order chi connectivity index (χ0) is 21.9. The lowest BCUT2D eigenvalue weighted by atomic mass is 10.2. The van der Waals surface area contributed by atoms with Crippen molar-refractivity contribution < 1.29 is 9.26 Å². The average Bonchev–Trinajstić information content (AvgIpc) is 3.50. The summed E-state index contributed by atoms with van der Waals surface area (Å²) in [6, 6.07) is 19.2. The molecule has 0 atom stereocenters. The summed E-state index contributed by atoms with van der Waals surface area (Å²) in [6.45, 7) is 0.387. The summed E-state index contributed by atoms with van der Waals surface area (Å²) in [4.78, 5) is 22.4. The van der Waals surface area contributed by atoms with Gasteiger partial charge in [-0.3, -0.25) is 9.36 Å². The maximum atomic E-state index is 13.2. The number of rotatable bonds is 7. The van der Waals surface area contributed by atoms with Gasteiger partial charge in [0.15, 0.2) is 5.16 Å². The smallest absolute Gasteiger partial charge is 0.272 e. The first-order valence-corrected chi connectivity index (χ1v) is 11.7. The number of benzene rings is 2. The predicted octanol–water partition coefficient (Wildman–Crippen LogP) is 4.86. The van der Waals surface area contributed by atoms with Crippen molar-refractivity contribution >= 4 is 33.3 Å². The second kappa shape index (κ2) is 8.97. The van der Waals surface area contributed by atoms with Gasteiger partial charge in [0.05, 0.1) is 24.9 Å². The van der Waals surface area contributed by atoms with E-state index in [0.29, 0.717) is 39.4 Å². The van der Waals surface area contributed by atoms with Crippen LogP contribution in [0.3, 0.4) is 0 Å². The van der Waals surface area contributed by atoms with E-state index in [1.54, 1.807) is 11.7 Å². The quantitative estimate of drug-likeness (QED) is 0.252. The van der Waals surface area contributed by atoms with Crippen LogP contribution in [0.2, 0.25) is 0 Å². The van der Waals surface area contributed by atoms with Crippen LogP contribution < -0.4 is 10.3 Å². The molecule has 0 aliphatic carbocycles. The number of fused-ring (bicyclic) bond motifs is 1. The van der Waals surface area contributed by atoms with Crippen LogP contribution >= 0.6 is 23.1 Å². The van der Waals surface area contributed by atoms with Crippen molar-refractivity contribution in [3.05, 3.63) is 87.9 Å². The highest BCUT2D eigenvalue weighted by Gasteiger charge is 2.16. The number of hydrogen-bond donors (Lipinski definition) is 0. The van der Waals surface area contributed by atoms with E-state index in [1.165, 1.54) is 23.1 Å². The summed E-state index contributed by atoms with van der Waals surface area (Å²) in [7, 11) is 1.62. The number of ether oxygens (including phenoxy) is 1. The Bertz CT molecular complexity index is 1430. The molecule has 0 aliphatic heterocycles. The summed E-state index contributed by atoms with van der Waals surface area (Å²) in [5.41, 5.74) is 2.47. The fraction of sp³-hybridized carbons (Fsp3) is 0.130. The predicted molar refractivity (Wildman–Crippen MR) is 125 cm³/mol. The largest absolute Gasteiger partial charge is 0.497 e. The van der Waals surface area contributed by atoms with E-state index in [9.17, 15) is 4.79 Å². The molecule has 0 bridgehead atoms. The molecule has 160 valence electrons. The number of nitrogens with zero attached hydrogens (tertiary/aromatic N) is 4. The number of thiophene rings is 1. The van der Waals surface area contributed by atoms with Crippen LogP contribution in [0.25, 0.3) is 21.6 Å². The maximum Gasteiger partial charge on any atom is 0.272 e. The first-order chi connectivity index (χ1) is 15.7. The van der Waals surface area contributed by atoms with Gasteiger partial charge in [0.25, 0.3) is 5.56 Å². The van der Waals surface area contributed by atoms with Crippen molar-refractivity contribution in [3.8, 4) is 17.1 Å². The van der Waals surface area contributed by atoms with Gasteiger partial charge in [0, 0.05) is 5.56 Å². The molecule has 0 saturated carbocycles. The van der Waals surface area contributed by atoms with Crippen LogP contribution in [0.15, 0.2) is 80.5 Å². The highest BCUT2D eigenvalue weighted by molar-refractivity contribution is 7.98. The molecule has 3 heterocycles. The lowest BCUT2D eigenvalue weighted by Crippen LogP contribution is -2.23. The molecule has 0 N–H and O–H groups in total. The maximum absolute atomic E-state index is 13.2. The molecule has 0 unspecified atom stereocenters. The Morgan fingerprint density at radius 1 is 1.09 bits per heavy atom. The van der Waals surface area contributed by atoms with Crippen LogP contribution in [0.1, 0.15) is 11.5 Å². The Morgan fingerprint density at radius 2 is 1.97 bits per heavy atom.